The van der Waals surface area contributed by atoms with E-state index < -0.39 is 0 Å². The normalized spacial score (nSPS) is 10.7. The molecular weight excluding hydrogens is 336 g/mol. The van der Waals surface area contributed by atoms with Gasteiger partial charge in [-0.1, -0.05) is 24.2 Å². The van der Waals surface area contributed by atoms with Gasteiger partial charge in [0, 0.05) is 19.8 Å². The predicted octanol–water partition coefficient (Wildman–Crippen LogP) is 1.57. The Balaban J connectivity index is 2.18. The molecular formula is C18H24N4O4. The Bertz CT molecular complexity index is 800. The van der Waals surface area contributed by atoms with Crippen molar-refractivity contribution in [2.75, 3.05) is 33.4 Å². The number of fused-ring (bicyclic) bond motifs is 1. The van der Waals surface area contributed by atoms with Crippen molar-refractivity contribution >= 4 is 22.9 Å². The number of carbonyl (C=O) groups excluding carboxylic acids is 2. The summed E-state index contributed by atoms with van der Waals surface area (Å²) in [6.07, 6.45) is 2.10. The number of amides is 2. The molecule has 0 saturated carbocycles. The highest BCUT2D eigenvalue weighted by Crippen LogP contribution is 2.19. The molecule has 2 aromatic heterocycles. The SMILES string of the molecule is C=C(C)COCCN(CC(=O)NC)C(=O)c1cnc2onc(CC)c2c1. The van der Waals surface area contributed by atoms with E-state index in [-0.39, 0.29) is 24.9 Å². The molecule has 0 atom stereocenters. The minimum atomic E-state index is -0.301. The molecule has 0 fully saturated rings. The molecule has 0 aliphatic heterocycles. The number of hydrogen-bond acceptors (Lipinski definition) is 6. The number of pyridine rings is 1. The first-order valence-corrected chi connectivity index (χ1v) is 8.42. The lowest BCUT2D eigenvalue weighted by molar-refractivity contribution is -0.121. The van der Waals surface area contributed by atoms with Crippen molar-refractivity contribution in [1.82, 2.24) is 20.4 Å². The van der Waals surface area contributed by atoms with Gasteiger partial charge in [-0.2, -0.15) is 0 Å². The fourth-order valence-corrected chi connectivity index (χ4v) is 2.36. The highest BCUT2D eigenvalue weighted by Gasteiger charge is 2.20. The van der Waals surface area contributed by atoms with Gasteiger partial charge >= 0.3 is 0 Å². The molecule has 0 aromatic carbocycles. The monoisotopic (exact) mass is 360 g/mol. The van der Waals surface area contributed by atoms with E-state index in [1.54, 1.807) is 6.07 Å². The Labute approximate surface area is 152 Å². The van der Waals surface area contributed by atoms with Crippen molar-refractivity contribution in [1.29, 1.82) is 0 Å². The number of carbonyl (C=O) groups is 2. The maximum Gasteiger partial charge on any atom is 0.257 e. The van der Waals surface area contributed by atoms with Gasteiger partial charge in [0.25, 0.3) is 11.6 Å². The van der Waals surface area contributed by atoms with E-state index in [2.05, 4.69) is 22.0 Å². The van der Waals surface area contributed by atoms with E-state index in [1.807, 2.05) is 13.8 Å². The van der Waals surface area contributed by atoms with Crippen LogP contribution in [0.25, 0.3) is 11.1 Å². The highest BCUT2D eigenvalue weighted by atomic mass is 16.5. The Morgan fingerprint density at radius 2 is 2.19 bits per heavy atom. The largest absolute Gasteiger partial charge is 0.375 e. The molecule has 26 heavy (non-hydrogen) atoms. The summed E-state index contributed by atoms with van der Waals surface area (Å²) >= 11 is 0. The van der Waals surface area contributed by atoms with Gasteiger partial charge in [0.2, 0.25) is 5.91 Å². The molecule has 8 nitrogen and oxygen atoms in total. The first-order chi connectivity index (χ1) is 12.5. The second-order valence-electron chi connectivity index (χ2n) is 5.97. The lowest BCUT2D eigenvalue weighted by Gasteiger charge is -2.22. The molecule has 2 aromatic rings. The smallest absolute Gasteiger partial charge is 0.257 e. The van der Waals surface area contributed by atoms with Crippen LogP contribution in [0.4, 0.5) is 0 Å². The number of nitrogens with zero attached hydrogens (tertiary/aromatic N) is 3. The van der Waals surface area contributed by atoms with Gasteiger partial charge in [-0.05, 0) is 19.4 Å². The van der Waals surface area contributed by atoms with E-state index in [0.29, 0.717) is 36.3 Å². The van der Waals surface area contributed by atoms with Crippen LogP contribution >= 0.6 is 0 Å². The molecule has 0 aliphatic carbocycles. The fourth-order valence-electron chi connectivity index (χ4n) is 2.36. The topological polar surface area (TPSA) is 97.6 Å². The van der Waals surface area contributed by atoms with Gasteiger partial charge < -0.3 is 19.5 Å². The average Bonchev–Trinajstić information content (AvgIpc) is 3.05. The van der Waals surface area contributed by atoms with Crippen molar-refractivity contribution in [3.05, 3.63) is 35.7 Å². The molecule has 0 bridgehead atoms. The standard InChI is InChI=1S/C18H24N4O4/c1-5-15-14-8-13(9-20-17(14)26-21-15)18(24)22(10-16(23)19-4)6-7-25-11-12(2)3/h8-9H,2,5-7,10-11H2,1,3-4H3,(H,19,23). The second-order valence-corrected chi connectivity index (χ2v) is 5.97. The fraction of sp³-hybridized carbons (Fsp3) is 0.444. The number of aryl methyl sites for hydroxylation is 1. The molecule has 2 amide bonds. The molecule has 1 N–H and O–H groups in total. The molecule has 0 radical (unpaired) electrons. The highest BCUT2D eigenvalue weighted by molar-refractivity contribution is 5.98. The van der Waals surface area contributed by atoms with E-state index in [1.165, 1.54) is 18.1 Å². The van der Waals surface area contributed by atoms with Gasteiger partial charge in [0.1, 0.15) is 0 Å². The first-order valence-electron chi connectivity index (χ1n) is 8.42. The molecule has 140 valence electrons. The zero-order valence-corrected chi connectivity index (χ0v) is 15.4. The lowest BCUT2D eigenvalue weighted by atomic mass is 10.1. The molecule has 0 unspecified atom stereocenters. The maximum absolute atomic E-state index is 12.9. The van der Waals surface area contributed by atoms with Crippen LogP contribution in [-0.2, 0) is 16.0 Å². The Kier molecular flexibility index (Phi) is 6.85. The molecule has 0 spiro atoms. The molecule has 2 heterocycles. The summed E-state index contributed by atoms with van der Waals surface area (Å²) in [5.74, 6) is -0.559. The molecule has 2 rings (SSSR count). The summed E-state index contributed by atoms with van der Waals surface area (Å²) in [6.45, 7) is 8.51. The average molecular weight is 360 g/mol. The number of ether oxygens (including phenoxy) is 1. The first kappa shape index (κ1) is 19.6. The minimum Gasteiger partial charge on any atom is -0.375 e. The van der Waals surface area contributed by atoms with Crippen molar-refractivity contribution in [3.63, 3.8) is 0 Å². The van der Waals surface area contributed by atoms with Crippen LogP contribution < -0.4 is 5.32 Å². The van der Waals surface area contributed by atoms with Crippen LogP contribution in [0.2, 0.25) is 0 Å². The summed E-state index contributed by atoms with van der Waals surface area (Å²) in [5.41, 5.74) is 2.40. The number of rotatable bonds is 9. The van der Waals surface area contributed by atoms with Gasteiger partial charge in [-0.3, -0.25) is 9.59 Å². The van der Waals surface area contributed by atoms with Crippen molar-refractivity contribution in [3.8, 4) is 0 Å². The van der Waals surface area contributed by atoms with Crippen LogP contribution in [-0.4, -0.2) is 60.2 Å². The van der Waals surface area contributed by atoms with Gasteiger partial charge in [-0.25, -0.2) is 4.98 Å². The van der Waals surface area contributed by atoms with Crippen LogP contribution in [0.3, 0.4) is 0 Å². The zero-order chi connectivity index (χ0) is 19.1. The summed E-state index contributed by atoms with van der Waals surface area (Å²) in [4.78, 5) is 30.2. The molecule has 0 aliphatic rings. The van der Waals surface area contributed by atoms with Crippen LogP contribution in [0.15, 0.2) is 28.9 Å². The van der Waals surface area contributed by atoms with Gasteiger partial charge in [0.15, 0.2) is 0 Å². The lowest BCUT2D eigenvalue weighted by Crippen LogP contribution is -2.41. The van der Waals surface area contributed by atoms with E-state index in [4.69, 9.17) is 9.26 Å². The zero-order valence-electron chi connectivity index (χ0n) is 15.4. The maximum atomic E-state index is 12.9. The van der Waals surface area contributed by atoms with Crippen molar-refractivity contribution in [2.45, 2.75) is 20.3 Å². The second kappa shape index (κ2) is 9.10. The number of nitrogens with one attached hydrogen (secondary N) is 1. The molecule has 0 saturated heterocycles. The third-order valence-corrected chi connectivity index (χ3v) is 3.74. The third-order valence-electron chi connectivity index (χ3n) is 3.74. The van der Waals surface area contributed by atoms with Crippen LogP contribution in [0, 0.1) is 0 Å². The van der Waals surface area contributed by atoms with Crippen molar-refractivity contribution < 1.29 is 18.8 Å². The predicted molar refractivity (Wildman–Crippen MR) is 96.8 cm³/mol. The summed E-state index contributed by atoms with van der Waals surface area (Å²) in [7, 11) is 1.53. The van der Waals surface area contributed by atoms with E-state index >= 15 is 0 Å². The summed E-state index contributed by atoms with van der Waals surface area (Å²) in [5, 5.41) is 7.17. The Hall–Kier alpha value is -2.74. The molecule has 8 heteroatoms. The third kappa shape index (κ3) is 4.89. The number of hydrogen-bond donors (Lipinski definition) is 1. The number of aromatic nitrogens is 2. The number of likely N-dealkylation sites (N-methyl/N-ethyl adjacent to an activating group) is 1. The van der Waals surface area contributed by atoms with E-state index in [9.17, 15) is 9.59 Å². The Morgan fingerprint density at radius 3 is 2.85 bits per heavy atom. The van der Waals surface area contributed by atoms with Crippen LogP contribution in [0.1, 0.15) is 29.9 Å². The van der Waals surface area contributed by atoms with Crippen molar-refractivity contribution in [2.24, 2.45) is 0 Å². The quantitative estimate of drug-likeness (QED) is 0.538. The summed E-state index contributed by atoms with van der Waals surface area (Å²) < 4.78 is 10.6. The van der Waals surface area contributed by atoms with Gasteiger partial charge in [0.05, 0.1) is 36.4 Å². The van der Waals surface area contributed by atoms with Gasteiger partial charge in [-0.15, -0.1) is 0 Å². The van der Waals surface area contributed by atoms with E-state index in [0.717, 1.165) is 11.3 Å². The van der Waals surface area contributed by atoms with Crippen LogP contribution in [0.5, 0.6) is 0 Å². The summed E-state index contributed by atoms with van der Waals surface area (Å²) in [6, 6.07) is 1.70. The minimum absolute atomic E-state index is 0.0614. The Morgan fingerprint density at radius 1 is 1.42 bits per heavy atom.